The topological polar surface area (TPSA) is 90.3 Å². The summed E-state index contributed by atoms with van der Waals surface area (Å²) < 4.78 is 15.8. The number of nitrogens with one attached hydrogen (secondary N) is 3. The van der Waals surface area contributed by atoms with Gasteiger partial charge in [0.2, 0.25) is 0 Å². The van der Waals surface area contributed by atoms with Crippen LogP contribution in [0.2, 0.25) is 0 Å². The quantitative estimate of drug-likeness (QED) is 0.536. The Morgan fingerprint density at radius 2 is 1.86 bits per heavy atom. The van der Waals surface area contributed by atoms with Crippen LogP contribution in [0.3, 0.4) is 0 Å². The summed E-state index contributed by atoms with van der Waals surface area (Å²) in [5.74, 6) is 0.948. The van der Waals surface area contributed by atoms with Gasteiger partial charge in [-0.05, 0) is 31.5 Å². The number of methoxy groups -OCH3 is 2. The first-order valence-corrected chi connectivity index (χ1v) is 9.43. The largest absolute Gasteiger partial charge is 0.493 e. The lowest BCUT2D eigenvalue weighted by atomic mass is 10.00. The van der Waals surface area contributed by atoms with Gasteiger partial charge < -0.3 is 29.7 Å². The SMILES string of the molecule is CCOC(=O)C1=C(C[NH+](C)Cc2ccc(OC)c(OC)c2)NC(=O)N[C@H]1CC. The maximum absolute atomic E-state index is 12.5. The molecule has 2 rings (SSSR count). The molecule has 154 valence electrons. The van der Waals surface area contributed by atoms with E-state index in [9.17, 15) is 9.59 Å². The molecule has 1 unspecified atom stereocenters. The van der Waals surface area contributed by atoms with Crippen LogP contribution in [0.4, 0.5) is 4.79 Å². The first-order chi connectivity index (χ1) is 13.4. The first kappa shape index (κ1) is 21.6. The fraction of sp³-hybridized carbons (Fsp3) is 0.500. The summed E-state index contributed by atoms with van der Waals surface area (Å²) in [5, 5.41) is 5.58. The number of amides is 2. The maximum Gasteiger partial charge on any atom is 0.338 e. The Kier molecular flexibility index (Phi) is 7.69. The van der Waals surface area contributed by atoms with Crippen LogP contribution in [0.5, 0.6) is 11.5 Å². The molecule has 0 bridgehead atoms. The number of carbonyl (C=O) groups is 2. The zero-order valence-electron chi connectivity index (χ0n) is 17.2. The van der Waals surface area contributed by atoms with Gasteiger partial charge in [0.25, 0.3) is 0 Å². The molecule has 0 saturated carbocycles. The summed E-state index contributed by atoms with van der Waals surface area (Å²) in [6.45, 7) is 5.14. The summed E-state index contributed by atoms with van der Waals surface area (Å²) in [5.41, 5.74) is 2.16. The molecule has 28 heavy (non-hydrogen) atoms. The monoisotopic (exact) mass is 392 g/mol. The summed E-state index contributed by atoms with van der Waals surface area (Å²) >= 11 is 0. The number of ether oxygens (including phenoxy) is 3. The van der Waals surface area contributed by atoms with Gasteiger partial charge in [-0.3, -0.25) is 0 Å². The number of carbonyl (C=O) groups excluding carboxylic acids is 2. The molecule has 0 spiro atoms. The molecule has 2 atom stereocenters. The molecule has 8 heteroatoms. The third kappa shape index (κ3) is 5.16. The van der Waals surface area contributed by atoms with Gasteiger partial charge >= 0.3 is 12.0 Å². The highest BCUT2D eigenvalue weighted by Crippen LogP contribution is 2.27. The highest BCUT2D eigenvalue weighted by atomic mass is 16.5. The van der Waals surface area contributed by atoms with Crippen LogP contribution in [0.25, 0.3) is 0 Å². The van der Waals surface area contributed by atoms with Gasteiger partial charge in [0.05, 0.1) is 45.2 Å². The molecule has 1 heterocycles. The molecule has 0 fully saturated rings. The van der Waals surface area contributed by atoms with Crippen LogP contribution >= 0.6 is 0 Å². The third-order valence-electron chi connectivity index (χ3n) is 4.58. The second-order valence-electron chi connectivity index (χ2n) is 6.67. The average Bonchev–Trinajstić information content (AvgIpc) is 2.67. The van der Waals surface area contributed by atoms with Crippen LogP contribution in [0, 0.1) is 0 Å². The van der Waals surface area contributed by atoms with Crippen molar-refractivity contribution in [3.8, 4) is 11.5 Å². The van der Waals surface area contributed by atoms with Crippen molar-refractivity contribution >= 4 is 12.0 Å². The van der Waals surface area contributed by atoms with Gasteiger partial charge in [0.1, 0.15) is 13.1 Å². The van der Waals surface area contributed by atoms with Crippen LogP contribution in [0.15, 0.2) is 29.5 Å². The Hall–Kier alpha value is -2.74. The Morgan fingerprint density at radius 1 is 1.14 bits per heavy atom. The van der Waals surface area contributed by atoms with E-state index >= 15 is 0 Å². The normalized spacial score (nSPS) is 17.5. The number of esters is 1. The van der Waals surface area contributed by atoms with Crippen LogP contribution in [-0.2, 0) is 16.1 Å². The standard InChI is InChI=1S/C20H29N3O5/c1-6-14-18(19(24)28-7-2)15(22-20(25)21-14)12-23(3)11-13-8-9-16(26-4)17(10-13)27-5/h8-10,14H,6-7,11-12H2,1-5H3,(H2,21,22,25)/p+1/t14-/m0/s1. The van der Waals surface area contributed by atoms with E-state index in [1.54, 1.807) is 21.1 Å². The predicted molar refractivity (Wildman–Crippen MR) is 104 cm³/mol. The number of urea groups is 1. The van der Waals surface area contributed by atoms with Crippen molar-refractivity contribution in [3.05, 3.63) is 35.0 Å². The molecule has 1 aromatic rings. The summed E-state index contributed by atoms with van der Waals surface area (Å²) in [4.78, 5) is 25.6. The summed E-state index contributed by atoms with van der Waals surface area (Å²) in [7, 11) is 5.20. The van der Waals surface area contributed by atoms with Crippen LogP contribution in [-0.4, -0.2) is 52.5 Å². The van der Waals surface area contributed by atoms with Gasteiger partial charge in [0, 0.05) is 5.56 Å². The highest BCUT2D eigenvalue weighted by Gasteiger charge is 2.32. The zero-order chi connectivity index (χ0) is 20.7. The molecule has 1 aliphatic rings. The molecule has 2 amide bonds. The Morgan fingerprint density at radius 3 is 2.46 bits per heavy atom. The van der Waals surface area contributed by atoms with Crippen molar-refractivity contribution < 1.29 is 28.7 Å². The summed E-state index contributed by atoms with van der Waals surface area (Å²) in [6.07, 6.45) is 0.611. The minimum Gasteiger partial charge on any atom is -0.493 e. The Bertz CT molecular complexity index is 747. The second kappa shape index (κ2) is 9.98. The van der Waals surface area contributed by atoms with Crippen LogP contribution < -0.4 is 25.0 Å². The van der Waals surface area contributed by atoms with E-state index < -0.39 is 5.97 Å². The minimum absolute atomic E-state index is 0.286. The predicted octanol–water partition coefficient (Wildman–Crippen LogP) is 0.627. The number of hydrogen-bond donors (Lipinski definition) is 3. The van der Waals surface area contributed by atoms with E-state index in [0.717, 1.165) is 10.5 Å². The number of rotatable bonds is 9. The van der Waals surface area contributed by atoms with E-state index in [0.29, 0.717) is 42.3 Å². The first-order valence-electron chi connectivity index (χ1n) is 9.43. The van der Waals surface area contributed by atoms with Crippen molar-refractivity contribution in [2.75, 3.05) is 34.4 Å². The van der Waals surface area contributed by atoms with Crippen molar-refractivity contribution in [2.24, 2.45) is 0 Å². The van der Waals surface area contributed by atoms with Crippen molar-refractivity contribution in [2.45, 2.75) is 32.9 Å². The van der Waals surface area contributed by atoms with Gasteiger partial charge in [-0.1, -0.05) is 6.92 Å². The molecule has 0 aromatic heterocycles. The van der Waals surface area contributed by atoms with Gasteiger partial charge in [-0.2, -0.15) is 0 Å². The molecular formula is C20H30N3O5+. The minimum atomic E-state index is -0.393. The fourth-order valence-corrected chi connectivity index (χ4v) is 3.30. The molecule has 3 N–H and O–H groups in total. The molecule has 1 aliphatic heterocycles. The van der Waals surface area contributed by atoms with Crippen LogP contribution in [0.1, 0.15) is 25.8 Å². The van der Waals surface area contributed by atoms with Crippen molar-refractivity contribution in [1.82, 2.24) is 10.6 Å². The lowest BCUT2D eigenvalue weighted by Crippen LogP contribution is -3.08. The van der Waals surface area contributed by atoms with E-state index in [1.165, 1.54) is 0 Å². The van der Waals surface area contributed by atoms with Crippen molar-refractivity contribution in [1.29, 1.82) is 0 Å². The fourth-order valence-electron chi connectivity index (χ4n) is 3.30. The molecule has 0 saturated heterocycles. The van der Waals surface area contributed by atoms with E-state index in [1.807, 2.05) is 32.2 Å². The molecule has 8 nitrogen and oxygen atoms in total. The lowest BCUT2D eigenvalue weighted by Gasteiger charge is -2.29. The van der Waals surface area contributed by atoms with Gasteiger partial charge in [0.15, 0.2) is 11.5 Å². The Balaban J connectivity index is 2.22. The molecular weight excluding hydrogens is 362 g/mol. The number of quaternary nitrogens is 1. The average molecular weight is 392 g/mol. The highest BCUT2D eigenvalue weighted by molar-refractivity contribution is 5.94. The van der Waals surface area contributed by atoms with E-state index in [-0.39, 0.29) is 18.7 Å². The number of benzene rings is 1. The number of hydrogen-bond acceptors (Lipinski definition) is 5. The zero-order valence-corrected chi connectivity index (χ0v) is 17.2. The second-order valence-corrected chi connectivity index (χ2v) is 6.67. The van der Waals surface area contributed by atoms with Gasteiger partial charge in [-0.15, -0.1) is 0 Å². The smallest absolute Gasteiger partial charge is 0.338 e. The lowest BCUT2D eigenvalue weighted by molar-refractivity contribution is -0.889. The molecule has 1 aromatic carbocycles. The van der Waals surface area contributed by atoms with E-state index in [4.69, 9.17) is 14.2 Å². The Labute approximate surface area is 165 Å². The molecule has 0 radical (unpaired) electrons. The van der Waals surface area contributed by atoms with Crippen molar-refractivity contribution in [3.63, 3.8) is 0 Å². The molecule has 0 aliphatic carbocycles. The summed E-state index contributed by atoms with van der Waals surface area (Å²) in [6, 6.07) is 5.12. The van der Waals surface area contributed by atoms with E-state index in [2.05, 4.69) is 10.6 Å². The number of likely N-dealkylation sites (N-methyl/N-ethyl adjacent to an activating group) is 1. The third-order valence-corrected chi connectivity index (χ3v) is 4.58. The van der Waals surface area contributed by atoms with Gasteiger partial charge in [-0.25, -0.2) is 9.59 Å². The maximum atomic E-state index is 12.5.